The Morgan fingerprint density at radius 2 is 2.00 bits per heavy atom. The highest BCUT2D eigenvalue weighted by atomic mass is 79.9. The van der Waals surface area contributed by atoms with Crippen LogP contribution in [-0.4, -0.2) is 11.3 Å². The summed E-state index contributed by atoms with van der Waals surface area (Å²) in [6.45, 7) is 0. The molecule has 2 aromatic heterocycles. The fourth-order valence-electron chi connectivity index (χ4n) is 1.11. The monoisotopic (exact) mass is 341 g/mol. The average molecular weight is 342 g/mol. The summed E-state index contributed by atoms with van der Waals surface area (Å²) in [7, 11) is 0. The molecule has 0 aliphatic rings. The van der Waals surface area contributed by atoms with E-state index in [-0.39, 0.29) is 8.79 Å². The van der Waals surface area contributed by atoms with Gasteiger partial charge >= 0.3 is 6.18 Å². The number of halogens is 4. The van der Waals surface area contributed by atoms with Gasteiger partial charge in [-0.25, -0.2) is 4.98 Å². The number of aromatic nitrogens is 1. The van der Waals surface area contributed by atoms with Crippen molar-refractivity contribution >= 4 is 44.9 Å². The third-order valence-electron chi connectivity index (χ3n) is 1.81. The number of hydrogen-bond acceptors (Lipinski definition) is 4. The molecule has 0 aliphatic carbocycles. The van der Waals surface area contributed by atoms with Gasteiger partial charge in [-0.2, -0.15) is 13.2 Å². The Morgan fingerprint density at radius 1 is 1.29 bits per heavy atom. The van der Waals surface area contributed by atoms with E-state index in [2.05, 4.69) is 20.9 Å². The lowest BCUT2D eigenvalue weighted by Crippen LogP contribution is -2.05. The van der Waals surface area contributed by atoms with Crippen molar-refractivity contribution in [2.45, 2.75) is 6.18 Å². The first kappa shape index (κ1) is 12.7. The van der Waals surface area contributed by atoms with Crippen molar-refractivity contribution in [3.8, 4) is 9.88 Å². The van der Waals surface area contributed by atoms with Gasteiger partial charge in [-0.1, -0.05) is 0 Å². The first-order chi connectivity index (χ1) is 7.91. The van der Waals surface area contributed by atoms with Gasteiger partial charge in [-0.15, -0.1) is 22.7 Å². The minimum absolute atomic E-state index is 0.0546. The van der Waals surface area contributed by atoms with Gasteiger partial charge in [0.2, 0.25) is 0 Å². The first-order valence-corrected chi connectivity index (χ1v) is 6.63. The lowest BCUT2D eigenvalue weighted by atomic mass is 10.4. The van der Waals surface area contributed by atoms with Gasteiger partial charge in [0.05, 0.1) is 9.75 Å². The van der Waals surface area contributed by atoms with Crippen LogP contribution >= 0.6 is 38.6 Å². The number of nitrogens with zero attached hydrogens (tertiary/aromatic N) is 1. The van der Waals surface area contributed by atoms with Crippen molar-refractivity contribution in [1.29, 1.82) is 0 Å². The maximum Gasteiger partial charge on any atom is 0.435 e. The van der Waals surface area contributed by atoms with Crippen molar-refractivity contribution in [2.75, 3.05) is 0 Å². The largest absolute Gasteiger partial charge is 0.435 e. The normalized spacial score (nSPS) is 11.8. The standard InChI is InChI=1S/C9H3BrF3NOS2/c10-7-6(9(11,12)13)14-8(17-7)5-2-1-4(3-15)16-5/h1-3H. The van der Waals surface area contributed by atoms with Crippen LogP contribution in [0.5, 0.6) is 0 Å². The summed E-state index contributed by atoms with van der Waals surface area (Å²) in [6.07, 6.45) is -3.82. The fraction of sp³-hybridized carbons (Fsp3) is 0.111. The summed E-state index contributed by atoms with van der Waals surface area (Å²) in [5.41, 5.74) is -0.932. The van der Waals surface area contributed by atoms with Gasteiger partial charge in [-0.05, 0) is 28.1 Å². The second kappa shape index (κ2) is 4.51. The van der Waals surface area contributed by atoms with Gasteiger partial charge in [0, 0.05) is 0 Å². The molecule has 0 unspecified atom stereocenters. The second-order valence-electron chi connectivity index (χ2n) is 2.96. The number of alkyl halides is 3. The molecular formula is C9H3BrF3NOS2. The van der Waals surface area contributed by atoms with E-state index in [0.29, 0.717) is 16.0 Å². The molecular weight excluding hydrogens is 339 g/mol. The molecule has 0 aliphatic heterocycles. The number of carbonyl (C=O) groups excluding carboxylic acids is 1. The van der Waals surface area contributed by atoms with Crippen molar-refractivity contribution < 1.29 is 18.0 Å². The number of aldehydes is 1. The number of carbonyl (C=O) groups is 1. The molecule has 0 N–H and O–H groups in total. The van der Waals surface area contributed by atoms with E-state index in [4.69, 9.17) is 0 Å². The topological polar surface area (TPSA) is 30.0 Å². The Kier molecular flexibility index (Phi) is 3.37. The zero-order valence-electron chi connectivity index (χ0n) is 7.92. The van der Waals surface area contributed by atoms with Crippen LogP contribution in [0.2, 0.25) is 0 Å². The van der Waals surface area contributed by atoms with E-state index in [0.717, 1.165) is 22.7 Å². The van der Waals surface area contributed by atoms with Crippen molar-refractivity contribution in [3.05, 3.63) is 26.5 Å². The molecule has 0 atom stereocenters. The van der Waals surface area contributed by atoms with E-state index in [1.165, 1.54) is 0 Å². The summed E-state index contributed by atoms with van der Waals surface area (Å²) in [4.78, 5) is 15.0. The minimum Gasteiger partial charge on any atom is -0.297 e. The third kappa shape index (κ3) is 2.58. The van der Waals surface area contributed by atoms with E-state index in [9.17, 15) is 18.0 Å². The molecule has 0 amide bonds. The van der Waals surface area contributed by atoms with Crippen LogP contribution in [0.4, 0.5) is 13.2 Å². The zero-order chi connectivity index (χ0) is 12.6. The average Bonchev–Trinajstić information content (AvgIpc) is 2.81. The summed E-state index contributed by atoms with van der Waals surface area (Å²) < 4.78 is 37.5. The third-order valence-corrected chi connectivity index (χ3v) is 4.69. The Labute approximate surface area is 110 Å². The van der Waals surface area contributed by atoms with E-state index >= 15 is 0 Å². The lowest BCUT2D eigenvalue weighted by Gasteiger charge is -2.01. The Hall–Kier alpha value is -0.730. The molecule has 0 radical (unpaired) electrons. The molecule has 0 aromatic carbocycles. The van der Waals surface area contributed by atoms with Gasteiger partial charge < -0.3 is 0 Å². The Balaban J connectivity index is 2.44. The van der Waals surface area contributed by atoms with Crippen LogP contribution in [0.25, 0.3) is 9.88 Å². The van der Waals surface area contributed by atoms with Crippen LogP contribution in [0, 0.1) is 0 Å². The predicted molar refractivity (Wildman–Crippen MR) is 63.5 cm³/mol. The van der Waals surface area contributed by atoms with Gasteiger partial charge in [0.25, 0.3) is 0 Å². The molecule has 90 valence electrons. The fourth-order valence-corrected chi connectivity index (χ4v) is 3.58. The van der Waals surface area contributed by atoms with Gasteiger partial charge in [0.15, 0.2) is 12.0 Å². The summed E-state index contributed by atoms with van der Waals surface area (Å²) in [5.74, 6) is 0. The highest BCUT2D eigenvalue weighted by Crippen LogP contribution is 2.41. The first-order valence-electron chi connectivity index (χ1n) is 4.20. The van der Waals surface area contributed by atoms with Crippen LogP contribution in [-0.2, 0) is 6.18 Å². The Bertz CT molecular complexity index is 561. The molecule has 0 fully saturated rings. The number of thiazole rings is 1. The zero-order valence-corrected chi connectivity index (χ0v) is 11.1. The molecule has 0 saturated carbocycles. The van der Waals surface area contributed by atoms with Crippen LogP contribution in [0.15, 0.2) is 15.9 Å². The maximum absolute atomic E-state index is 12.5. The molecule has 17 heavy (non-hydrogen) atoms. The summed E-state index contributed by atoms with van der Waals surface area (Å²) >= 11 is 4.85. The van der Waals surface area contributed by atoms with Crippen LogP contribution in [0.3, 0.4) is 0 Å². The molecule has 2 rings (SSSR count). The van der Waals surface area contributed by atoms with E-state index in [1.54, 1.807) is 12.1 Å². The lowest BCUT2D eigenvalue weighted by molar-refractivity contribution is -0.141. The SMILES string of the molecule is O=Cc1ccc(-c2nc(C(F)(F)F)c(Br)s2)s1. The van der Waals surface area contributed by atoms with Crippen LogP contribution in [0.1, 0.15) is 15.4 Å². The Morgan fingerprint density at radius 3 is 2.47 bits per heavy atom. The van der Waals surface area contributed by atoms with Gasteiger partial charge in [-0.3, -0.25) is 4.79 Å². The number of hydrogen-bond donors (Lipinski definition) is 0. The minimum atomic E-state index is -4.47. The second-order valence-corrected chi connectivity index (χ2v) is 6.39. The highest BCUT2D eigenvalue weighted by molar-refractivity contribution is 9.11. The quantitative estimate of drug-likeness (QED) is 0.754. The van der Waals surface area contributed by atoms with E-state index in [1.807, 2.05) is 0 Å². The van der Waals surface area contributed by atoms with Crippen LogP contribution < -0.4 is 0 Å². The summed E-state index contributed by atoms with van der Waals surface area (Å²) in [5, 5.41) is 0.252. The molecule has 0 saturated heterocycles. The van der Waals surface area contributed by atoms with Crippen molar-refractivity contribution in [3.63, 3.8) is 0 Å². The maximum atomic E-state index is 12.5. The van der Waals surface area contributed by atoms with Crippen molar-refractivity contribution in [2.24, 2.45) is 0 Å². The number of thiophene rings is 1. The van der Waals surface area contributed by atoms with Crippen molar-refractivity contribution in [1.82, 2.24) is 4.98 Å². The predicted octanol–water partition coefficient (Wildman–Crippen LogP) is 4.47. The molecule has 2 nitrogen and oxygen atoms in total. The molecule has 0 spiro atoms. The summed E-state index contributed by atoms with van der Waals surface area (Å²) in [6, 6.07) is 3.13. The molecule has 8 heteroatoms. The molecule has 0 bridgehead atoms. The number of rotatable bonds is 2. The molecule has 2 heterocycles. The smallest absolute Gasteiger partial charge is 0.297 e. The van der Waals surface area contributed by atoms with Gasteiger partial charge in [0.1, 0.15) is 8.79 Å². The van der Waals surface area contributed by atoms with E-state index < -0.39 is 11.9 Å². The molecule has 2 aromatic rings. The highest BCUT2D eigenvalue weighted by Gasteiger charge is 2.37.